The second kappa shape index (κ2) is 11.9. The van der Waals surface area contributed by atoms with Crippen LogP contribution >= 0.6 is 23.2 Å². The van der Waals surface area contributed by atoms with Gasteiger partial charge in [0.15, 0.2) is 9.84 Å². The van der Waals surface area contributed by atoms with E-state index in [1.807, 2.05) is 0 Å². The van der Waals surface area contributed by atoms with Crippen LogP contribution in [0.4, 0.5) is 13.2 Å². The van der Waals surface area contributed by atoms with Gasteiger partial charge in [0.2, 0.25) is 10.0 Å². The second-order valence-electron chi connectivity index (χ2n) is 10.1. The molecule has 0 bridgehead atoms. The molecule has 10 nitrogen and oxygen atoms in total. The number of H-pyrrole nitrogens is 1. The molecule has 0 spiro atoms. The number of fused-ring (bicyclic) bond motifs is 1. The zero-order valence-corrected chi connectivity index (χ0v) is 25.5. The molecule has 1 atom stereocenters. The zero-order valence-electron chi connectivity index (χ0n) is 22.4. The van der Waals surface area contributed by atoms with Crippen LogP contribution in [-0.2, 0) is 39.1 Å². The molecule has 0 amide bonds. The lowest BCUT2D eigenvalue weighted by Gasteiger charge is -2.33. The van der Waals surface area contributed by atoms with Crippen molar-refractivity contribution in [1.82, 2.24) is 19.2 Å². The number of aromatic nitrogens is 2. The van der Waals surface area contributed by atoms with Crippen molar-refractivity contribution in [3.05, 3.63) is 71.8 Å². The highest BCUT2D eigenvalue weighted by molar-refractivity contribution is 7.91. The monoisotopic (exact) mass is 670 g/mol. The van der Waals surface area contributed by atoms with Crippen molar-refractivity contribution in [3.8, 4) is 0 Å². The summed E-state index contributed by atoms with van der Waals surface area (Å²) in [6.07, 6.45) is -2.93. The van der Waals surface area contributed by atoms with Gasteiger partial charge in [-0.15, -0.1) is 0 Å². The summed E-state index contributed by atoms with van der Waals surface area (Å²) in [7, 11) is -7.34. The lowest BCUT2D eigenvalue weighted by Crippen LogP contribution is -2.47. The number of sulfone groups is 1. The number of likely N-dealkylation sites (tertiary alicyclic amines) is 1. The van der Waals surface area contributed by atoms with Gasteiger partial charge in [-0.25, -0.2) is 26.4 Å². The predicted octanol–water partition coefficient (Wildman–Crippen LogP) is 3.37. The number of hydrogen-bond donors (Lipinski definition) is 2. The number of nitrogens with one attached hydrogen (secondary N) is 2. The molecule has 2 heterocycles. The van der Waals surface area contributed by atoms with Crippen LogP contribution in [0.25, 0.3) is 10.9 Å². The van der Waals surface area contributed by atoms with Crippen LogP contribution in [0.15, 0.2) is 38.8 Å². The first-order valence-corrected chi connectivity index (χ1v) is 17.0. The van der Waals surface area contributed by atoms with Crippen LogP contribution in [0.3, 0.4) is 0 Å². The first kappa shape index (κ1) is 32.5. The largest absolute Gasteiger partial charge is 0.416 e. The number of sulfonamides is 1. The fourth-order valence-electron chi connectivity index (χ4n) is 5.07. The predicted molar refractivity (Wildman–Crippen MR) is 153 cm³/mol. The van der Waals surface area contributed by atoms with Crippen LogP contribution in [0.2, 0.25) is 10.0 Å². The maximum absolute atomic E-state index is 14.3. The van der Waals surface area contributed by atoms with Crippen molar-refractivity contribution in [3.63, 3.8) is 0 Å². The van der Waals surface area contributed by atoms with Crippen LogP contribution in [0.5, 0.6) is 0 Å². The minimum atomic E-state index is -4.93. The Bertz CT molecular complexity index is 1880. The van der Waals surface area contributed by atoms with Gasteiger partial charge in [0, 0.05) is 24.2 Å². The van der Waals surface area contributed by atoms with Crippen molar-refractivity contribution in [2.75, 3.05) is 25.1 Å². The van der Waals surface area contributed by atoms with Crippen molar-refractivity contribution in [2.45, 2.75) is 50.0 Å². The Morgan fingerprint density at radius 1 is 1.10 bits per heavy atom. The molecular formula is C25H27Cl2F3N4O6S2. The third-order valence-electron chi connectivity index (χ3n) is 6.96. The van der Waals surface area contributed by atoms with Crippen molar-refractivity contribution in [1.29, 1.82) is 0 Å². The van der Waals surface area contributed by atoms with E-state index in [1.165, 1.54) is 25.1 Å². The molecule has 3 aromatic rings. The number of hydrogen-bond acceptors (Lipinski definition) is 7. The molecule has 1 aliphatic rings. The van der Waals surface area contributed by atoms with E-state index in [1.54, 1.807) is 4.90 Å². The Labute approximate surface area is 249 Å². The van der Waals surface area contributed by atoms with E-state index in [2.05, 4.69) is 9.71 Å². The van der Waals surface area contributed by atoms with Gasteiger partial charge in [0.1, 0.15) is 0 Å². The first-order chi connectivity index (χ1) is 19.4. The maximum atomic E-state index is 14.3. The van der Waals surface area contributed by atoms with Gasteiger partial charge < -0.3 is 4.98 Å². The van der Waals surface area contributed by atoms with E-state index < -0.39 is 65.8 Å². The SMILES string of the molecule is CCS(=O)(=O)c1ccc(Cl)cc1Cn1c(=O)[nH]c2c(Cl)c(CN3CCCC(NS(C)(=O)=O)C3)c(C(F)(F)F)cc2c1=O. The van der Waals surface area contributed by atoms with Gasteiger partial charge in [0.25, 0.3) is 5.56 Å². The van der Waals surface area contributed by atoms with E-state index in [0.29, 0.717) is 30.0 Å². The molecule has 1 saturated heterocycles. The topological polar surface area (TPSA) is 138 Å². The highest BCUT2D eigenvalue weighted by atomic mass is 35.5. The summed E-state index contributed by atoms with van der Waals surface area (Å²) in [5.74, 6) is -0.278. The molecule has 1 unspecified atom stereocenters. The summed E-state index contributed by atoms with van der Waals surface area (Å²) >= 11 is 12.5. The van der Waals surface area contributed by atoms with Crippen LogP contribution in [-0.4, -0.2) is 62.4 Å². The summed E-state index contributed by atoms with van der Waals surface area (Å²) in [5.41, 5.74) is -3.99. The second-order valence-corrected chi connectivity index (χ2v) is 14.9. The van der Waals surface area contributed by atoms with Gasteiger partial charge in [-0.05, 0) is 54.8 Å². The molecule has 0 radical (unpaired) electrons. The Morgan fingerprint density at radius 2 is 1.79 bits per heavy atom. The number of alkyl halides is 3. The molecule has 1 fully saturated rings. The standard InChI is InChI=1S/C25H27Cl2F3N4O6S2/c1-3-42(39,40)20-7-6-15(26)9-14(20)11-34-23(35)17-10-19(25(28,29)30)18(21(27)22(17)31-24(34)36)13-33-8-4-5-16(12-33)32-41(2,37)38/h6-7,9-10,16,32H,3-5,8,11-13H2,1-2H3,(H,31,36). The molecule has 0 saturated carbocycles. The molecule has 0 aliphatic carbocycles. The third kappa shape index (κ3) is 7.03. The normalized spacial score (nSPS) is 17.2. The maximum Gasteiger partial charge on any atom is 0.416 e. The number of aromatic amines is 1. The van der Waals surface area contributed by atoms with Crippen LogP contribution in [0.1, 0.15) is 36.5 Å². The van der Waals surface area contributed by atoms with Crippen LogP contribution in [0, 0.1) is 0 Å². The smallest absolute Gasteiger partial charge is 0.305 e. The third-order valence-corrected chi connectivity index (χ3v) is 10.2. The lowest BCUT2D eigenvalue weighted by molar-refractivity contribution is -0.138. The summed E-state index contributed by atoms with van der Waals surface area (Å²) < 4.78 is 94.5. The average Bonchev–Trinajstić information content (AvgIpc) is 2.87. The van der Waals surface area contributed by atoms with Crippen molar-refractivity contribution in [2.24, 2.45) is 0 Å². The van der Waals surface area contributed by atoms with Crippen molar-refractivity contribution < 1.29 is 30.0 Å². The molecule has 2 aromatic carbocycles. The van der Waals surface area contributed by atoms with Gasteiger partial charge in [-0.1, -0.05) is 30.1 Å². The lowest BCUT2D eigenvalue weighted by atomic mass is 10.0. The van der Waals surface area contributed by atoms with Gasteiger partial charge in [-0.3, -0.25) is 14.3 Å². The van der Waals surface area contributed by atoms with Crippen molar-refractivity contribution >= 4 is 54.0 Å². The molecule has 230 valence electrons. The summed E-state index contributed by atoms with van der Waals surface area (Å²) in [4.78, 5) is 30.3. The molecule has 17 heteroatoms. The number of benzene rings is 2. The van der Waals surface area contributed by atoms with Gasteiger partial charge in [0.05, 0.1) is 44.9 Å². The van der Waals surface area contributed by atoms with E-state index in [4.69, 9.17) is 23.2 Å². The quantitative estimate of drug-likeness (QED) is 0.375. The number of rotatable bonds is 8. The summed E-state index contributed by atoms with van der Waals surface area (Å²) in [6, 6.07) is 3.94. The fraction of sp³-hybridized carbons (Fsp3) is 0.440. The van der Waals surface area contributed by atoms with E-state index in [-0.39, 0.29) is 45.4 Å². The highest BCUT2D eigenvalue weighted by Gasteiger charge is 2.37. The van der Waals surface area contributed by atoms with Crippen LogP contribution < -0.4 is 16.0 Å². The number of piperidine rings is 1. The molecule has 42 heavy (non-hydrogen) atoms. The van der Waals surface area contributed by atoms with Gasteiger partial charge in [-0.2, -0.15) is 13.2 Å². The minimum Gasteiger partial charge on any atom is -0.305 e. The zero-order chi connectivity index (χ0) is 31.2. The molecule has 1 aromatic heterocycles. The van der Waals surface area contributed by atoms with E-state index in [0.717, 1.165) is 6.26 Å². The number of halogens is 5. The Kier molecular flexibility index (Phi) is 9.22. The fourth-order valence-corrected chi connectivity index (χ4v) is 7.48. The molecule has 1 aliphatic heterocycles. The minimum absolute atomic E-state index is 0.0115. The average molecular weight is 672 g/mol. The molecular weight excluding hydrogens is 644 g/mol. The summed E-state index contributed by atoms with van der Waals surface area (Å²) in [6.45, 7) is 1.00. The van der Waals surface area contributed by atoms with E-state index in [9.17, 15) is 39.6 Å². The number of nitrogens with zero attached hydrogens (tertiary/aromatic N) is 2. The molecule has 2 N–H and O–H groups in total. The summed E-state index contributed by atoms with van der Waals surface area (Å²) in [5, 5.41) is -0.867. The Morgan fingerprint density at radius 3 is 2.40 bits per heavy atom. The first-order valence-electron chi connectivity index (χ1n) is 12.7. The highest BCUT2D eigenvalue weighted by Crippen LogP contribution is 2.39. The molecule has 4 rings (SSSR count). The Balaban J connectivity index is 1.83. The van der Waals surface area contributed by atoms with E-state index >= 15 is 0 Å². The van der Waals surface area contributed by atoms with Gasteiger partial charge >= 0.3 is 11.9 Å². The Hall–Kier alpha value is -2.43.